The number of halogens is 1. The first-order chi connectivity index (χ1) is 16.0. The molecule has 4 rings (SSSR count). The van der Waals surface area contributed by atoms with Crippen LogP contribution in [0.15, 0.2) is 66.9 Å². The van der Waals surface area contributed by atoms with Gasteiger partial charge in [0.25, 0.3) is 0 Å². The van der Waals surface area contributed by atoms with Crippen molar-refractivity contribution in [3.05, 3.63) is 78.2 Å². The fourth-order valence-corrected chi connectivity index (χ4v) is 3.77. The Morgan fingerprint density at radius 3 is 2.61 bits per heavy atom. The van der Waals surface area contributed by atoms with Crippen LogP contribution in [-0.4, -0.2) is 42.0 Å². The molecule has 1 N–H and O–H groups in total. The zero-order chi connectivity index (χ0) is 23.2. The summed E-state index contributed by atoms with van der Waals surface area (Å²) < 4.78 is 19.5. The molecule has 0 bridgehead atoms. The molecule has 1 aliphatic rings. The quantitative estimate of drug-likeness (QED) is 0.522. The van der Waals surface area contributed by atoms with Gasteiger partial charge in [0.15, 0.2) is 11.6 Å². The minimum absolute atomic E-state index is 0.196. The van der Waals surface area contributed by atoms with Gasteiger partial charge in [0, 0.05) is 44.6 Å². The van der Waals surface area contributed by atoms with E-state index in [-0.39, 0.29) is 17.7 Å². The average molecular weight is 449 g/mol. The number of nitrogens with zero attached hydrogens (tertiary/aromatic N) is 3. The zero-order valence-electron chi connectivity index (χ0n) is 19.0. The minimum Gasteiger partial charge on any atom is -0.422 e. The third-order valence-corrected chi connectivity index (χ3v) is 5.59. The second-order valence-corrected chi connectivity index (χ2v) is 8.47. The summed E-state index contributed by atoms with van der Waals surface area (Å²) in [5.74, 6) is 0.496. The summed E-state index contributed by atoms with van der Waals surface area (Å²) in [6, 6.07) is 18.3. The van der Waals surface area contributed by atoms with Crippen molar-refractivity contribution in [2.75, 3.05) is 36.4 Å². The van der Waals surface area contributed by atoms with E-state index in [0.717, 1.165) is 44.0 Å². The highest BCUT2D eigenvalue weighted by atomic mass is 19.1. The van der Waals surface area contributed by atoms with Crippen molar-refractivity contribution in [2.45, 2.75) is 20.4 Å². The highest BCUT2D eigenvalue weighted by molar-refractivity contribution is 5.76. The molecule has 0 saturated carbocycles. The van der Waals surface area contributed by atoms with E-state index in [1.807, 2.05) is 32.0 Å². The van der Waals surface area contributed by atoms with Crippen molar-refractivity contribution in [3.8, 4) is 5.75 Å². The number of hydrogen-bond acceptors (Lipinski definition) is 6. The molecule has 33 heavy (non-hydrogen) atoms. The van der Waals surface area contributed by atoms with Crippen LogP contribution < -0.4 is 15.0 Å². The van der Waals surface area contributed by atoms with Crippen LogP contribution in [0.25, 0.3) is 0 Å². The molecular formula is C26H29FN4O2. The third-order valence-electron chi connectivity index (χ3n) is 5.59. The second-order valence-electron chi connectivity index (χ2n) is 8.47. The molecule has 0 spiro atoms. The Kier molecular flexibility index (Phi) is 7.19. The van der Waals surface area contributed by atoms with Gasteiger partial charge in [-0.2, -0.15) is 0 Å². The van der Waals surface area contributed by atoms with Gasteiger partial charge in [0.05, 0.1) is 11.6 Å². The monoisotopic (exact) mass is 448 g/mol. The lowest BCUT2D eigenvalue weighted by atomic mass is 10.1. The van der Waals surface area contributed by atoms with Gasteiger partial charge in [-0.15, -0.1) is 0 Å². The summed E-state index contributed by atoms with van der Waals surface area (Å²) in [4.78, 5) is 21.1. The van der Waals surface area contributed by atoms with Crippen molar-refractivity contribution >= 4 is 23.2 Å². The van der Waals surface area contributed by atoms with Crippen molar-refractivity contribution < 1.29 is 13.9 Å². The Balaban J connectivity index is 1.36. The number of aromatic nitrogens is 1. The number of anilines is 3. The van der Waals surface area contributed by atoms with Gasteiger partial charge in [-0.1, -0.05) is 38.1 Å². The van der Waals surface area contributed by atoms with Crippen LogP contribution in [0.4, 0.5) is 21.6 Å². The van der Waals surface area contributed by atoms with Gasteiger partial charge in [0.1, 0.15) is 5.82 Å². The van der Waals surface area contributed by atoms with Crippen molar-refractivity contribution in [3.63, 3.8) is 0 Å². The van der Waals surface area contributed by atoms with Crippen LogP contribution in [0.2, 0.25) is 0 Å². The number of piperazine rings is 1. The summed E-state index contributed by atoms with van der Waals surface area (Å²) >= 11 is 0. The van der Waals surface area contributed by atoms with E-state index >= 15 is 0 Å². The van der Waals surface area contributed by atoms with E-state index in [4.69, 9.17) is 4.74 Å². The minimum atomic E-state index is -0.271. The molecule has 7 heteroatoms. The lowest BCUT2D eigenvalue weighted by molar-refractivity contribution is -0.137. The van der Waals surface area contributed by atoms with E-state index in [1.165, 1.54) is 6.07 Å². The molecule has 0 amide bonds. The van der Waals surface area contributed by atoms with Crippen molar-refractivity contribution in [1.82, 2.24) is 9.88 Å². The molecule has 2 aromatic carbocycles. The molecule has 3 aromatic rings. The largest absolute Gasteiger partial charge is 0.422 e. The van der Waals surface area contributed by atoms with Crippen LogP contribution in [0.1, 0.15) is 19.4 Å². The van der Waals surface area contributed by atoms with Crippen LogP contribution >= 0.6 is 0 Å². The summed E-state index contributed by atoms with van der Waals surface area (Å²) in [5.41, 5.74) is 2.49. The van der Waals surface area contributed by atoms with Gasteiger partial charge in [-0.3, -0.25) is 9.69 Å². The summed E-state index contributed by atoms with van der Waals surface area (Å²) in [7, 11) is 0. The second kappa shape index (κ2) is 10.4. The molecule has 1 aromatic heterocycles. The zero-order valence-corrected chi connectivity index (χ0v) is 19.0. The standard InChI is InChI=1S/C26H29FN4O2/c1-19(2)26(32)33-24-11-6-12-28-25(24)31-15-13-30(14-16-31)18-20-7-5-8-21(17-20)29-23-10-4-3-9-22(23)27/h3-12,17,19,29H,13-16,18H2,1-2H3. The number of esters is 1. The Morgan fingerprint density at radius 2 is 1.85 bits per heavy atom. The number of rotatable bonds is 7. The Morgan fingerprint density at radius 1 is 1.06 bits per heavy atom. The number of ether oxygens (including phenoxy) is 1. The predicted molar refractivity (Wildman–Crippen MR) is 128 cm³/mol. The molecule has 172 valence electrons. The molecule has 1 fully saturated rings. The smallest absolute Gasteiger partial charge is 0.313 e. The number of para-hydroxylation sites is 1. The average Bonchev–Trinajstić information content (AvgIpc) is 2.82. The van der Waals surface area contributed by atoms with Gasteiger partial charge < -0.3 is 15.0 Å². The van der Waals surface area contributed by atoms with E-state index in [0.29, 0.717) is 17.3 Å². The lowest BCUT2D eigenvalue weighted by Gasteiger charge is -2.36. The molecule has 0 unspecified atom stereocenters. The first-order valence-corrected chi connectivity index (χ1v) is 11.2. The number of nitrogens with one attached hydrogen (secondary N) is 1. The van der Waals surface area contributed by atoms with Crippen LogP contribution in [0.5, 0.6) is 5.75 Å². The van der Waals surface area contributed by atoms with Crippen LogP contribution in [0.3, 0.4) is 0 Å². The normalized spacial score (nSPS) is 14.4. The van der Waals surface area contributed by atoms with Gasteiger partial charge >= 0.3 is 5.97 Å². The summed E-state index contributed by atoms with van der Waals surface area (Å²) in [6.07, 6.45) is 1.72. The first-order valence-electron chi connectivity index (χ1n) is 11.2. The molecule has 1 saturated heterocycles. The molecule has 6 nitrogen and oxygen atoms in total. The Labute approximate surface area is 194 Å². The van der Waals surface area contributed by atoms with Crippen molar-refractivity contribution in [1.29, 1.82) is 0 Å². The van der Waals surface area contributed by atoms with Gasteiger partial charge in [-0.25, -0.2) is 9.37 Å². The Hall–Kier alpha value is -3.45. The SMILES string of the molecule is CC(C)C(=O)Oc1cccnc1N1CCN(Cc2cccc(Nc3ccccc3F)c2)CC1. The maximum atomic E-state index is 14.0. The van der Waals surface area contributed by atoms with E-state index in [9.17, 15) is 9.18 Å². The fraction of sp³-hybridized carbons (Fsp3) is 0.308. The fourth-order valence-electron chi connectivity index (χ4n) is 3.77. The molecule has 0 radical (unpaired) electrons. The molecular weight excluding hydrogens is 419 g/mol. The van der Waals surface area contributed by atoms with Crippen LogP contribution in [-0.2, 0) is 11.3 Å². The Bertz CT molecular complexity index is 1100. The highest BCUT2D eigenvalue weighted by Crippen LogP contribution is 2.27. The number of carbonyl (C=O) groups is 1. The number of pyridine rings is 1. The maximum Gasteiger partial charge on any atom is 0.313 e. The predicted octanol–water partition coefficient (Wildman–Crippen LogP) is 4.85. The molecule has 0 atom stereocenters. The number of carbonyl (C=O) groups excluding carboxylic acids is 1. The summed E-state index contributed by atoms with van der Waals surface area (Å²) in [5, 5.41) is 3.16. The maximum absolute atomic E-state index is 14.0. The van der Waals surface area contributed by atoms with Crippen molar-refractivity contribution in [2.24, 2.45) is 5.92 Å². The molecule has 1 aliphatic heterocycles. The van der Waals surface area contributed by atoms with Crippen LogP contribution in [0, 0.1) is 11.7 Å². The van der Waals surface area contributed by atoms with Gasteiger partial charge in [0.2, 0.25) is 0 Å². The topological polar surface area (TPSA) is 57.7 Å². The number of hydrogen-bond donors (Lipinski definition) is 1. The van der Waals surface area contributed by atoms with Gasteiger partial charge in [-0.05, 0) is 42.0 Å². The highest BCUT2D eigenvalue weighted by Gasteiger charge is 2.22. The molecule has 2 heterocycles. The third kappa shape index (κ3) is 5.87. The van der Waals surface area contributed by atoms with E-state index in [1.54, 1.807) is 30.5 Å². The lowest BCUT2D eigenvalue weighted by Crippen LogP contribution is -2.46. The first kappa shape index (κ1) is 22.7. The van der Waals surface area contributed by atoms with E-state index in [2.05, 4.69) is 32.2 Å². The summed E-state index contributed by atoms with van der Waals surface area (Å²) in [6.45, 7) is 7.74. The molecule has 0 aliphatic carbocycles. The van der Waals surface area contributed by atoms with E-state index < -0.39 is 0 Å². The number of benzene rings is 2.